The minimum absolute atomic E-state index is 0.102. The topological polar surface area (TPSA) is 112 Å². The summed E-state index contributed by atoms with van der Waals surface area (Å²) >= 11 is 0. The van der Waals surface area contributed by atoms with Gasteiger partial charge in [-0.05, 0) is 36.4 Å². The maximum Gasteiger partial charge on any atom is 0.251 e. The summed E-state index contributed by atoms with van der Waals surface area (Å²) in [7, 11) is 0. The van der Waals surface area contributed by atoms with Gasteiger partial charge in [0.2, 0.25) is 11.7 Å². The Labute approximate surface area is 177 Å². The zero-order valence-corrected chi connectivity index (χ0v) is 16.7. The van der Waals surface area contributed by atoms with E-state index in [1.165, 1.54) is 0 Å². The number of carbonyl (C=O) groups is 1. The number of furan rings is 1. The first-order valence-corrected chi connectivity index (χ1v) is 10.0. The van der Waals surface area contributed by atoms with Gasteiger partial charge in [0.05, 0.1) is 31.5 Å². The van der Waals surface area contributed by atoms with Crippen LogP contribution in [0.3, 0.4) is 0 Å². The number of amides is 1. The summed E-state index contributed by atoms with van der Waals surface area (Å²) in [6, 6.07) is 9.28. The van der Waals surface area contributed by atoms with Crippen molar-refractivity contribution < 1.29 is 18.5 Å². The molecule has 10 nitrogen and oxygen atoms in total. The molecule has 1 aromatic carbocycles. The normalized spacial score (nSPS) is 14.6. The van der Waals surface area contributed by atoms with Crippen molar-refractivity contribution in [2.45, 2.75) is 13.0 Å². The van der Waals surface area contributed by atoms with Gasteiger partial charge in [0, 0.05) is 31.1 Å². The first-order valence-electron chi connectivity index (χ1n) is 10.0. The van der Waals surface area contributed by atoms with Gasteiger partial charge < -0.3 is 18.6 Å². The van der Waals surface area contributed by atoms with Crippen LogP contribution in [0.1, 0.15) is 18.1 Å². The molecule has 0 bridgehead atoms. The van der Waals surface area contributed by atoms with Gasteiger partial charge in [0.15, 0.2) is 0 Å². The molecule has 10 heteroatoms. The molecule has 0 spiro atoms. The number of benzene rings is 1. The van der Waals surface area contributed by atoms with Crippen LogP contribution in [-0.2, 0) is 16.1 Å². The average Bonchev–Trinajstić information content (AvgIpc) is 3.57. The molecule has 1 saturated heterocycles. The zero-order valence-electron chi connectivity index (χ0n) is 16.7. The largest absolute Gasteiger partial charge is 0.465 e. The lowest BCUT2D eigenvalue weighted by molar-refractivity contribution is -0.135. The molecule has 4 heterocycles. The fraction of sp³-hybridized carbons (Fsp3) is 0.286. The molecular weight excluding hydrogens is 400 g/mol. The number of aromatic nitrogens is 5. The molecule has 1 amide bonds. The van der Waals surface area contributed by atoms with Gasteiger partial charge in [-0.1, -0.05) is 10.4 Å². The lowest BCUT2D eigenvalue weighted by Crippen LogP contribution is -2.41. The quantitative estimate of drug-likeness (QED) is 0.468. The van der Waals surface area contributed by atoms with E-state index in [9.17, 15) is 4.79 Å². The van der Waals surface area contributed by atoms with Crippen LogP contribution in [0.4, 0.5) is 0 Å². The second-order valence-electron chi connectivity index (χ2n) is 7.06. The molecule has 0 aliphatic carbocycles. The van der Waals surface area contributed by atoms with Gasteiger partial charge in [0.1, 0.15) is 11.3 Å². The van der Waals surface area contributed by atoms with Crippen LogP contribution in [0.25, 0.3) is 34.6 Å². The maximum atomic E-state index is 12.4. The summed E-state index contributed by atoms with van der Waals surface area (Å²) in [5.41, 5.74) is 2.32. The Kier molecular flexibility index (Phi) is 5.28. The highest BCUT2D eigenvalue weighted by atomic mass is 16.5. The highest BCUT2D eigenvalue weighted by Crippen LogP contribution is 2.22. The van der Waals surface area contributed by atoms with Crippen molar-refractivity contribution in [3.63, 3.8) is 0 Å². The fourth-order valence-corrected chi connectivity index (χ4v) is 3.41. The molecule has 0 unspecified atom stereocenters. The molecule has 31 heavy (non-hydrogen) atoms. The van der Waals surface area contributed by atoms with Crippen LogP contribution < -0.4 is 0 Å². The predicted octanol–water partition coefficient (Wildman–Crippen LogP) is 2.49. The Morgan fingerprint density at radius 1 is 1.16 bits per heavy atom. The molecule has 4 aromatic rings. The third-order valence-electron chi connectivity index (χ3n) is 5.05. The molecule has 1 fully saturated rings. The van der Waals surface area contributed by atoms with Crippen molar-refractivity contribution in [1.29, 1.82) is 0 Å². The molecule has 0 saturated carbocycles. The van der Waals surface area contributed by atoms with Crippen LogP contribution in [-0.4, -0.2) is 62.2 Å². The molecule has 5 rings (SSSR count). The van der Waals surface area contributed by atoms with Crippen LogP contribution in [0.5, 0.6) is 0 Å². The molecule has 1 aliphatic heterocycles. The van der Waals surface area contributed by atoms with Crippen molar-refractivity contribution in [2.75, 3.05) is 26.3 Å². The van der Waals surface area contributed by atoms with E-state index in [0.29, 0.717) is 62.3 Å². The van der Waals surface area contributed by atoms with E-state index in [-0.39, 0.29) is 5.91 Å². The SMILES string of the molecule is O=C(CCn1nnc2cc(-c3noc(C=Cc4ccco4)n3)ccc21)N1CCOCC1. The second kappa shape index (κ2) is 8.52. The molecule has 0 N–H and O–H groups in total. The van der Waals surface area contributed by atoms with Crippen LogP contribution in [0, 0.1) is 0 Å². The standard InChI is InChI=1S/C21H20N6O4/c28-20(26-9-12-29-13-10-26)7-8-27-18-5-3-15(14-17(18)23-25-27)21-22-19(31-24-21)6-4-16-2-1-11-30-16/h1-6,11,14H,7-10,12-13H2. The summed E-state index contributed by atoms with van der Waals surface area (Å²) in [5.74, 6) is 1.63. The number of nitrogens with zero attached hydrogens (tertiary/aromatic N) is 6. The van der Waals surface area contributed by atoms with Gasteiger partial charge in [0.25, 0.3) is 5.89 Å². The summed E-state index contributed by atoms with van der Waals surface area (Å²) in [6.45, 7) is 2.94. The number of hydrogen-bond acceptors (Lipinski definition) is 8. The molecule has 3 aromatic heterocycles. The number of ether oxygens (including phenoxy) is 1. The number of fused-ring (bicyclic) bond motifs is 1. The Morgan fingerprint density at radius 2 is 2.06 bits per heavy atom. The third-order valence-corrected chi connectivity index (χ3v) is 5.05. The fourth-order valence-electron chi connectivity index (χ4n) is 3.41. The van der Waals surface area contributed by atoms with Gasteiger partial charge in [-0.2, -0.15) is 4.98 Å². The van der Waals surface area contributed by atoms with Crippen LogP contribution >= 0.6 is 0 Å². The smallest absolute Gasteiger partial charge is 0.251 e. The number of rotatable bonds is 6. The van der Waals surface area contributed by atoms with E-state index in [1.807, 2.05) is 29.2 Å². The molecule has 0 radical (unpaired) electrons. The molecular formula is C21H20N6O4. The van der Waals surface area contributed by atoms with E-state index in [0.717, 1.165) is 11.1 Å². The van der Waals surface area contributed by atoms with Crippen molar-refractivity contribution in [2.24, 2.45) is 0 Å². The first kappa shape index (κ1) is 19.2. The van der Waals surface area contributed by atoms with Crippen molar-refractivity contribution >= 4 is 29.1 Å². The second-order valence-corrected chi connectivity index (χ2v) is 7.06. The van der Waals surface area contributed by atoms with E-state index in [1.54, 1.807) is 29.2 Å². The third kappa shape index (κ3) is 4.24. The Balaban J connectivity index is 1.27. The maximum absolute atomic E-state index is 12.4. The minimum Gasteiger partial charge on any atom is -0.465 e. The molecule has 1 aliphatic rings. The number of aryl methyl sites for hydroxylation is 1. The average molecular weight is 420 g/mol. The summed E-state index contributed by atoms with van der Waals surface area (Å²) in [5, 5.41) is 12.5. The van der Waals surface area contributed by atoms with Gasteiger partial charge in [-0.3, -0.25) is 4.79 Å². The van der Waals surface area contributed by atoms with Crippen LogP contribution in [0.15, 0.2) is 45.5 Å². The van der Waals surface area contributed by atoms with Crippen molar-refractivity contribution in [1.82, 2.24) is 30.0 Å². The predicted molar refractivity (Wildman–Crippen MR) is 110 cm³/mol. The van der Waals surface area contributed by atoms with E-state index >= 15 is 0 Å². The van der Waals surface area contributed by atoms with Gasteiger partial charge in [-0.15, -0.1) is 5.10 Å². The minimum atomic E-state index is 0.102. The molecule has 158 valence electrons. The highest BCUT2D eigenvalue weighted by molar-refractivity contribution is 5.80. The monoisotopic (exact) mass is 420 g/mol. The van der Waals surface area contributed by atoms with Gasteiger partial charge in [-0.25, -0.2) is 4.68 Å². The van der Waals surface area contributed by atoms with Crippen molar-refractivity contribution in [3.05, 3.63) is 48.2 Å². The summed E-state index contributed by atoms with van der Waals surface area (Å²) in [6.07, 6.45) is 5.41. The lowest BCUT2D eigenvalue weighted by atomic mass is 10.2. The van der Waals surface area contributed by atoms with Crippen LogP contribution in [0.2, 0.25) is 0 Å². The number of morpholine rings is 1. The molecule has 0 atom stereocenters. The number of carbonyl (C=O) groups excluding carboxylic acids is 1. The zero-order chi connectivity index (χ0) is 21.0. The van der Waals surface area contributed by atoms with E-state index < -0.39 is 0 Å². The van der Waals surface area contributed by atoms with E-state index in [4.69, 9.17) is 13.7 Å². The highest BCUT2D eigenvalue weighted by Gasteiger charge is 2.17. The summed E-state index contributed by atoms with van der Waals surface area (Å²) < 4.78 is 17.6. The Morgan fingerprint density at radius 3 is 2.90 bits per heavy atom. The lowest BCUT2D eigenvalue weighted by Gasteiger charge is -2.26. The van der Waals surface area contributed by atoms with E-state index in [2.05, 4.69) is 20.5 Å². The Hall–Kier alpha value is -3.79. The van der Waals surface area contributed by atoms with Gasteiger partial charge >= 0.3 is 0 Å². The first-order chi connectivity index (χ1) is 15.3. The number of hydrogen-bond donors (Lipinski definition) is 0. The van der Waals surface area contributed by atoms with Crippen molar-refractivity contribution in [3.8, 4) is 11.4 Å². The summed E-state index contributed by atoms with van der Waals surface area (Å²) in [4.78, 5) is 18.6. The Bertz CT molecular complexity index is 1200.